The summed E-state index contributed by atoms with van der Waals surface area (Å²) < 4.78 is 58.2. The van der Waals surface area contributed by atoms with Crippen molar-refractivity contribution in [1.82, 2.24) is 15.3 Å². The Morgan fingerprint density at radius 1 is 1.21 bits per heavy atom. The van der Waals surface area contributed by atoms with Crippen molar-refractivity contribution in [3.63, 3.8) is 0 Å². The number of aromatic nitrogens is 2. The van der Waals surface area contributed by atoms with Gasteiger partial charge in [0.15, 0.2) is 0 Å². The molecule has 1 saturated heterocycles. The number of H-pyrrole nitrogens is 1. The number of ether oxygens (including phenoxy) is 1. The standard InChI is InChI=1S/C23H28F4N4O2/c24-22(25)6-5-17(33-11-22)19(28)21-29-15-4-3-14(8-16(15)30-21)20(13-1-2-13)31-18(32)7-12-9-23(26,27)10-12/h3-4,8,12-13,17,19-20H,1-2,5-7,9-11,28H2,(H,29,30)(H,31,32)/t17-,19-,20+/m0/s1. The molecule has 2 aromatic rings. The third-order valence-corrected chi connectivity index (χ3v) is 6.96. The number of aromatic amines is 1. The molecule has 4 N–H and O–H groups in total. The number of carbonyl (C=O) groups is 1. The summed E-state index contributed by atoms with van der Waals surface area (Å²) in [5.41, 5.74) is 8.58. The topological polar surface area (TPSA) is 93.0 Å². The van der Waals surface area contributed by atoms with E-state index in [0.29, 0.717) is 17.3 Å². The number of halogens is 4. The van der Waals surface area contributed by atoms with E-state index in [9.17, 15) is 22.4 Å². The molecule has 0 radical (unpaired) electrons. The number of benzene rings is 1. The molecule has 1 aromatic heterocycles. The van der Waals surface area contributed by atoms with Gasteiger partial charge in [-0.2, -0.15) is 0 Å². The van der Waals surface area contributed by atoms with Gasteiger partial charge in [-0.15, -0.1) is 0 Å². The fraction of sp³-hybridized carbons (Fsp3) is 0.652. The Morgan fingerprint density at radius 3 is 2.61 bits per heavy atom. The van der Waals surface area contributed by atoms with Crippen LogP contribution in [0, 0.1) is 11.8 Å². The van der Waals surface area contributed by atoms with Crippen molar-refractivity contribution >= 4 is 16.9 Å². The normalized spacial score (nSPS) is 26.5. The molecule has 180 valence electrons. The first-order valence-corrected chi connectivity index (χ1v) is 11.5. The summed E-state index contributed by atoms with van der Waals surface area (Å²) in [6, 6.07) is 4.80. The zero-order valence-electron chi connectivity index (χ0n) is 18.1. The first kappa shape index (κ1) is 22.6. The van der Waals surface area contributed by atoms with Crippen LogP contribution in [0.4, 0.5) is 17.6 Å². The van der Waals surface area contributed by atoms with Crippen LogP contribution < -0.4 is 11.1 Å². The van der Waals surface area contributed by atoms with Crippen LogP contribution in [0.15, 0.2) is 18.2 Å². The monoisotopic (exact) mass is 468 g/mol. The molecule has 0 spiro atoms. The second-order valence-corrected chi connectivity index (χ2v) is 9.89. The molecule has 0 unspecified atom stereocenters. The van der Waals surface area contributed by atoms with E-state index < -0.39 is 30.6 Å². The average molecular weight is 468 g/mol. The summed E-state index contributed by atoms with van der Waals surface area (Å²) in [5, 5.41) is 3.04. The molecule has 6 nitrogen and oxygen atoms in total. The Labute approximate surface area is 188 Å². The van der Waals surface area contributed by atoms with Gasteiger partial charge in [0.25, 0.3) is 5.92 Å². The zero-order valence-corrected chi connectivity index (χ0v) is 18.1. The summed E-state index contributed by atoms with van der Waals surface area (Å²) in [5.74, 6) is -5.13. The molecule has 1 amide bonds. The number of imidazole rings is 1. The lowest BCUT2D eigenvalue weighted by atomic mass is 9.79. The van der Waals surface area contributed by atoms with Gasteiger partial charge in [0, 0.05) is 25.7 Å². The van der Waals surface area contributed by atoms with Crippen LogP contribution in [-0.4, -0.2) is 40.4 Å². The molecule has 2 saturated carbocycles. The van der Waals surface area contributed by atoms with Gasteiger partial charge in [-0.05, 0) is 48.8 Å². The summed E-state index contributed by atoms with van der Waals surface area (Å²) in [6.07, 6.45) is 1.00. The first-order valence-electron chi connectivity index (χ1n) is 11.5. The summed E-state index contributed by atoms with van der Waals surface area (Å²) in [7, 11) is 0. The number of rotatable bonds is 7. The van der Waals surface area contributed by atoms with Crippen LogP contribution in [0.3, 0.4) is 0 Å². The van der Waals surface area contributed by atoms with E-state index in [-0.39, 0.29) is 50.0 Å². The van der Waals surface area contributed by atoms with Crippen molar-refractivity contribution in [2.45, 2.75) is 75.0 Å². The van der Waals surface area contributed by atoms with E-state index >= 15 is 0 Å². The molecular formula is C23H28F4N4O2. The maximum atomic E-state index is 13.4. The molecule has 2 heterocycles. The highest BCUT2D eigenvalue weighted by atomic mass is 19.3. The minimum Gasteiger partial charge on any atom is -0.370 e. The van der Waals surface area contributed by atoms with Crippen molar-refractivity contribution in [2.75, 3.05) is 6.61 Å². The minimum absolute atomic E-state index is 0.116. The fourth-order valence-electron chi connectivity index (χ4n) is 4.92. The van der Waals surface area contributed by atoms with Crippen molar-refractivity contribution in [3.8, 4) is 0 Å². The number of fused-ring (bicyclic) bond motifs is 1. The second-order valence-electron chi connectivity index (χ2n) is 9.89. The molecule has 33 heavy (non-hydrogen) atoms. The molecule has 3 fully saturated rings. The van der Waals surface area contributed by atoms with Gasteiger partial charge < -0.3 is 20.8 Å². The Kier molecular flexibility index (Phi) is 5.63. The molecule has 3 atom stereocenters. The average Bonchev–Trinajstić information content (AvgIpc) is 3.48. The van der Waals surface area contributed by atoms with Gasteiger partial charge in [-0.3, -0.25) is 4.79 Å². The lowest BCUT2D eigenvalue weighted by Crippen LogP contribution is -2.40. The molecule has 2 aliphatic carbocycles. The van der Waals surface area contributed by atoms with E-state index in [2.05, 4.69) is 15.3 Å². The predicted molar refractivity (Wildman–Crippen MR) is 113 cm³/mol. The molecular weight excluding hydrogens is 440 g/mol. The van der Waals surface area contributed by atoms with E-state index in [1.165, 1.54) is 0 Å². The number of hydrogen-bond acceptors (Lipinski definition) is 4. The van der Waals surface area contributed by atoms with Crippen LogP contribution in [0.1, 0.15) is 68.4 Å². The largest absolute Gasteiger partial charge is 0.370 e. The highest BCUT2D eigenvalue weighted by molar-refractivity contribution is 5.78. The third kappa shape index (κ3) is 5.01. The lowest BCUT2D eigenvalue weighted by molar-refractivity contribution is -0.149. The number of carbonyl (C=O) groups excluding carboxylic acids is 1. The predicted octanol–water partition coefficient (Wildman–Crippen LogP) is 4.38. The number of nitrogens with two attached hydrogens (primary N) is 1. The SMILES string of the molecule is N[C@H](c1nc2ccc([C@H](NC(=O)CC3CC(F)(F)C3)C3CC3)cc2[nH]1)[C@@H]1CCC(F)(F)CO1. The number of nitrogens with one attached hydrogen (secondary N) is 2. The maximum Gasteiger partial charge on any atom is 0.271 e. The lowest BCUT2D eigenvalue weighted by Gasteiger charge is -2.34. The second kappa shape index (κ2) is 8.23. The van der Waals surface area contributed by atoms with Crippen molar-refractivity contribution in [3.05, 3.63) is 29.6 Å². The van der Waals surface area contributed by atoms with Gasteiger partial charge >= 0.3 is 0 Å². The smallest absolute Gasteiger partial charge is 0.271 e. The molecule has 1 aromatic carbocycles. The number of hydrogen-bond donors (Lipinski definition) is 3. The first-order chi connectivity index (χ1) is 15.6. The Morgan fingerprint density at radius 2 is 1.97 bits per heavy atom. The van der Waals surface area contributed by atoms with E-state index in [0.717, 1.165) is 23.9 Å². The summed E-state index contributed by atoms with van der Waals surface area (Å²) in [6.45, 7) is -0.642. The number of alkyl halides is 4. The van der Waals surface area contributed by atoms with Gasteiger partial charge in [0.1, 0.15) is 12.4 Å². The van der Waals surface area contributed by atoms with E-state index in [1.807, 2.05) is 18.2 Å². The Hall–Kier alpha value is -2.20. The van der Waals surface area contributed by atoms with Crippen LogP contribution in [0.5, 0.6) is 0 Å². The highest BCUT2D eigenvalue weighted by Crippen LogP contribution is 2.45. The Bertz CT molecular complexity index is 1020. The molecule has 5 rings (SSSR count). The van der Waals surface area contributed by atoms with Crippen LogP contribution in [0.25, 0.3) is 11.0 Å². The van der Waals surface area contributed by atoms with Crippen molar-refractivity contribution in [1.29, 1.82) is 0 Å². The molecule has 3 aliphatic rings. The summed E-state index contributed by atoms with van der Waals surface area (Å²) >= 11 is 0. The number of amides is 1. The van der Waals surface area contributed by atoms with Crippen LogP contribution in [0.2, 0.25) is 0 Å². The van der Waals surface area contributed by atoms with Gasteiger partial charge in [0.05, 0.1) is 29.2 Å². The third-order valence-electron chi connectivity index (χ3n) is 6.96. The maximum absolute atomic E-state index is 13.4. The van der Waals surface area contributed by atoms with Crippen molar-refractivity contribution < 1.29 is 27.1 Å². The van der Waals surface area contributed by atoms with Crippen molar-refractivity contribution in [2.24, 2.45) is 17.6 Å². The quantitative estimate of drug-likeness (QED) is 0.526. The van der Waals surface area contributed by atoms with E-state index in [1.54, 1.807) is 0 Å². The summed E-state index contributed by atoms with van der Waals surface area (Å²) in [4.78, 5) is 20.2. The highest BCUT2D eigenvalue weighted by Gasteiger charge is 2.46. The minimum atomic E-state index is -2.82. The van der Waals surface area contributed by atoms with Crippen LogP contribution in [-0.2, 0) is 9.53 Å². The molecule has 1 aliphatic heterocycles. The fourth-order valence-corrected chi connectivity index (χ4v) is 4.92. The number of nitrogens with zero attached hydrogens (tertiary/aromatic N) is 1. The van der Waals surface area contributed by atoms with E-state index in [4.69, 9.17) is 10.5 Å². The van der Waals surface area contributed by atoms with Gasteiger partial charge in [-0.25, -0.2) is 22.5 Å². The van der Waals surface area contributed by atoms with Crippen LogP contribution >= 0.6 is 0 Å². The van der Waals surface area contributed by atoms with Gasteiger partial charge in [-0.1, -0.05) is 6.07 Å². The molecule has 0 bridgehead atoms. The Balaban J connectivity index is 1.27. The molecule has 10 heteroatoms. The zero-order chi connectivity index (χ0) is 23.4. The van der Waals surface area contributed by atoms with Gasteiger partial charge in [0.2, 0.25) is 11.8 Å².